The highest BCUT2D eigenvalue weighted by Gasteiger charge is 2.14. The van der Waals surface area contributed by atoms with E-state index in [-0.39, 0.29) is 5.28 Å². The van der Waals surface area contributed by atoms with Crippen LogP contribution in [0.15, 0.2) is 18.7 Å². The number of rotatable bonds is 3. The van der Waals surface area contributed by atoms with Crippen molar-refractivity contribution >= 4 is 17.5 Å². The molecule has 0 atom stereocenters. The van der Waals surface area contributed by atoms with Gasteiger partial charge in [-0.2, -0.15) is 15.0 Å². The molecule has 2 aromatic rings. The molecule has 1 aliphatic rings. The smallest absolute Gasteiger partial charge is 0.241 e. The van der Waals surface area contributed by atoms with Gasteiger partial charge in [0.05, 0.1) is 0 Å². The van der Waals surface area contributed by atoms with E-state index in [1.807, 2.05) is 0 Å². The maximum Gasteiger partial charge on any atom is 0.241 e. The fourth-order valence-corrected chi connectivity index (χ4v) is 2.66. The number of imidazole rings is 1. The average molecular weight is 293 g/mol. The van der Waals surface area contributed by atoms with E-state index in [1.165, 1.54) is 25.7 Å². The van der Waals surface area contributed by atoms with Crippen molar-refractivity contribution in [3.63, 3.8) is 0 Å². The molecule has 1 fully saturated rings. The molecule has 0 radical (unpaired) electrons. The van der Waals surface area contributed by atoms with E-state index >= 15 is 0 Å². The summed E-state index contributed by atoms with van der Waals surface area (Å²) in [7, 11) is 0. The molecule has 1 aliphatic carbocycles. The summed E-state index contributed by atoms with van der Waals surface area (Å²) in [6.45, 7) is 0. The molecule has 7 heteroatoms. The highest BCUT2D eigenvalue weighted by atomic mass is 35.5. The molecule has 0 spiro atoms. The first kappa shape index (κ1) is 13.3. The van der Waals surface area contributed by atoms with Gasteiger partial charge in [-0.05, 0) is 24.4 Å². The van der Waals surface area contributed by atoms with Gasteiger partial charge in [0.25, 0.3) is 0 Å². The van der Waals surface area contributed by atoms with Gasteiger partial charge in [0.1, 0.15) is 6.33 Å². The lowest BCUT2D eigenvalue weighted by molar-refractivity contribution is 0.613. The lowest BCUT2D eigenvalue weighted by atomic mass is 10.1. The molecular weight excluding hydrogens is 276 g/mol. The molecule has 1 saturated carbocycles. The third kappa shape index (κ3) is 3.25. The van der Waals surface area contributed by atoms with E-state index < -0.39 is 0 Å². The van der Waals surface area contributed by atoms with Crippen molar-refractivity contribution in [3.05, 3.63) is 24.0 Å². The van der Waals surface area contributed by atoms with Crippen molar-refractivity contribution in [1.82, 2.24) is 24.5 Å². The van der Waals surface area contributed by atoms with Gasteiger partial charge in [0.2, 0.25) is 17.2 Å². The molecule has 0 aromatic carbocycles. The normalized spacial score (nSPS) is 16.9. The van der Waals surface area contributed by atoms with Crippen molar-refractivity contribution in [2.75, 3.05) is 5.32 Å². The Morgan fingerprint density at radius 3 is 2.60 bits per heavy atom. The predicted octanol–water partition coefficient (Wildman–Crippen LogP) is 2.85. The molecule has 2 aromatic heterocycles. The number of aromatic nitrogens is 5. The number of hydrogen-bond donors (Lipinski definition) is 1. The zero-order valence-corrected chi connectivity index (χ0v) is 11.9. The second-order valence-electron chi connectivity index (χ2n) is 5.03. The lowest BCUT2D eigenvalue weighted by Gasteiger charge is -2.16. The monoisotopic (exact) mass is 292 g/mol. The molecule has 0 aliphatic heterocycles. The van der Waals surface area contributed by atoms with Gasteiger partial charge in [-0.1, -0.05) is 25.7 Å². The standard InChI is InChI=1S/C13H17ClN6/c14-11-17-12(16-10-5-3-1-2-4-6-10)19-13(18-11)20-8-7-15-9-20/h7-10H,1-6H2,(H,16,17,18,19). The van der Waals surface area contributed by atoms with Crippen LogP contribution in [-0.4, -0.2) is 30.5 Å². The van der Waals surface area contributed by atoms with Crippen molar-refractivity contribution < 1.29 is 0 Å². The van der Waals surface area contributed by atoms with Gasteiger partial charge >= 0.3 is 0 Å². The van der Waals surface area contributed by atoms with Crippen LogP contribution in [0.4, 0.5) is 5.95 Å². The Labute approximate surface area is 122 Å². The fourth-order valence-electron chi connectivity index (χ4n) is 2.50. The highest BCUT2D eigenvalue weighted by molar-refractivity contribution is 6.28. The van der Waals surface area contributed by atoms with Crippen molar-refractivity contribution in [1.29, 1.82) is 0 Å². The lowest BCUT2D eigenvalue weighted by Crippen LogP contribution is -2.20. The minimum Gasteiger partial charge on any atom is -0.351 e. The summed E-state index contributed by atoms with van der Waals surface area (Å²) in [6.07, 6.45) is 12.5. The van der Waals surface area contributed by atoms with Crippen LogP contribution in [0.5, 0.6) is 0 Å². The summed E-state index contributed by atoms with van der Waals surface area (Å²) in [5, 5.41) is 3.58. The molecular formula is C13H17ClN6. The number of hydrogen-bond acceptors (Lipinski definition) is 5. The Hall–Kier alpha value is -1.69. The Kier molecular flexibility index (Phi) is 4.11. The quantitative estimate of drug-likeness (QED) is 0.881. The van der Waals surface area contributed by atoms with Gasteiger partial charge in [-0.3, -0.25) is 4.57 Å². The van der Waals surface area contributed by atoms with E-state index in [0.717, 1.165) is 12.8 Å². The maximum atomic E-state index is 5.98. The molecule has 3 rings (SSSR count). The van der Waals surface area contributed by atoms with E-state index in [1.54, 1.807) is 23.3 Å². The Morgan fingerprint density at radius 1 is 1.10 bits per heavy atom. The molecule has 2 heterocycles. The minimum absolute atomic E-state index is 0.194. The van der Waals surface area contributed by atoms with Gasteiger partial charge in [-0.15, -0.1) is 0 Å². The highest BCUT2D eigenvalue weighted by Crippen LogP contribution is 2.20. The maximum absolute atomic E-state index is 5.98. The molecule has 106 valence electrons. The number of nitrogens with one attached hydrogen (secondary N) is 1. The Bertz CT molecular complexity index is 548. The zero-order valence-electron chi connectivity index (χ0n) is 11.2. The summed E-state index contributed by atoms with van der Waals surface area (Å²) in [4.78, 5) is 16.7. The summed E-state index contributed by atoms with van der Waals surface area (Å²) in [5.74, 6) is 1.03. The zero-order chi connectivity index (χ0) is 13.8. The van der Waals surface area contributed by atoms with Gasteiger partial charge < -0.3 is 5.32 Å². The summed E-state index contributed by atoms with van der Waals surface area (Å²) in [5.41, 5.74) is 0. The van der Waals surface area contributed by atoms with E-state index in [4.69, 9.17) is 11.6 Å². The summed E-state index contributed by atoms with van der Waals surface area (Å²) >= 11 is 5.98. The van der Waals surface area contributed by atoms with Crippen LogP contribution in [0.25, 0.3) is 5.95 Å². The van der Waals surface area contributed by atoms with Crippen LogP contribution in [0, 0.1) is 0 Å². The van der Waals surface area contributed by atoms with Gasteiger partial charge in [0, 0.05) is 18.4 Å². The molecule has 1 N–H and O–H groups in total. The van der Waals surface area contributed by atoms with Crippen LogP contribution in [0.2, 0.25) is 5.28 Å². The predicted molar refractivity (Wildman–Crippen MR) is 77.1 cm³/mol. The van der Waals surface area contributed by atoms with Crippen LogP contribution < -0.4 is 5.32 Å². The Balaban J connectivity index is 1.79. The third-order valence-electron chi connectivity index (χ3n) is 3.52. The largest absolute Gasteiger partial charge is 0.351 e. The molecule has 0 bridgehead atoms. The topological polar surface area (TPSA) is 68.5 Å². The average Bonchev–Trinajstić information content (AvgIpc) is 2.85. The fraction of sp³-hybridized carbons (Fsp3) is 0.538. The van der Waals surface area contributed by atoms with Gasteiger partial charge in [0.15, 0.2) is 0 Å². The molecule has 0 amide bonds. The number of anilines is 1. The second kappa shape index (κ2) is 6.17. The Morgan fingerprint density at radius 2 is 1.90 bits per heavy atom. The summed E-state index contributed by atoms with van der Waals surface area (Å²) in [6, 6.07) is 0.423. The van der Waals surface area contributed by atoms with E-state index in [2.05, 4.69) is 25.3 Å². The molecule has 0 saturated heterocycles. The van der Waals surface area contributed by atoms with Crippen molar-refractivity contribution in [2.24, 2.45) is 0 Å². The first-order valence-electron chi connectivity index (χ1n) is 6.98. The van der Waals surface area contributed by atoms with Crippen molar-refractivity contribution in [2.45, 2.75) is 44.6 Å². The second-order valence-corrected chi connectivity index (χ2v) is 5.37. The SMILES string of the molecule is Clc1nc(NC2CCCCCC2)nc(-n2ccnc2)n1. The van der Waals surface area contributed by atoms with Crippen LogP contribution >= 0.6 is 11.6 Å². The summed E-state index contributed by atoms with van der Waals surface area (Å²) < 4.78 is 1.71. The molecule has 0 unspecified atom stereocenters. The minimum atomic E-state index is 0.194. The van der Waals surface area contributed by atoms with Crippen LogP contribution in [0.1, 0.15) is 38.5 Å². The molecule has 6 nitrogen and oxygen atoms in total. The third-order valence-corrected chi connectivity index (χ3v) is 3.69. The van der Waals surface area contributed by atoms with Crippen molar-refractivity contribution in [3.8, 4) is 5.95 Å². The van der Waals surface area contributed by atoms with Gasteiger partial charge in [-0.25, -0.2) is 4.98 Å². The number of nitrogens with zero attached hydrogens (tertiary/aromatic N) is 5. The van der Waals surface area contributed by atoms with E-state index in [0.29, 0.717) is 17.9 Å². The van der Waals surface area contributed by atoms with E-state index in [9.17, 15) is 0 Å². The molecule has 20 heavy (non-hydrogen) atoms. The number of halogens is 1. The first-order chi connectivity index (χ1) is 9.81. The van der Waals surface area contributed by atoms with Crippen LogP contribution in [-0.2, 0) is 0 Å². The first-order valence-corrected chi connectivity index (χ1v) is 7.35. The van der Waals surface area contributed by atoms with Crippen LogP contribution in [0.3, 0.4) is 0 Å².